The molecule has 0 aliphatic carbocycles. The van der Waals surface area contributed by atoms with Crippen LogP contribution < -0.4 is 4.74 Å². The van der Waals surface area contributed by atoms with Crippen molar-refractivity contribution in [2.75, 3.05) is 7.11 Å². The van der Waals surface area contributed by atoms with Gasteiger partial charge in [0.25, 0.3) is 0 Å². The molecule has 0 unspecified atom stereocenters. The third-order valence-corrected chi connectivity index (χ3v) is 2.60. The van der Waals surface area contributed by atoms with Crippen LogP contribution in [0.2, 0.25) is 0 Å². The van der Waals surface area contributed by atoms with Gasteiger partial charge in [-0.3, -0.25) is 0 Å². The molecular formula is C17H18O3. The molecule has 0 bridgehead atoms. The molecule has 0 atom stereocenters. The minimum atomic E-state index is 0.151. The fraction of sp³-hybridized carbons (Fsp3) is 0.0588. The molecule has 0 spiro atoms. The number of para-hydroxylation sites is 1. The number of rotatable bonds is 3. The fourth-order valence-corrected chi connectivity index (χ4v) is 1.48. The van der Waals surface area contributed by atoms with Crippen molar-refractivity contribution in [1.82, 2.24) is 0 Å². The van der Waals surface area contributed by atoms with Crippen LogP contribution in [0.5, 0.6) is 17.2 Å². The molecule has 20 heavy (non-hydrogen) atoms. The summed E-state index contributed by atoms with van der Waals surface area (Å²) in [6.07, 6.45) is 3.32. The minimum Gasteiger partial charge on any atom is -0.507 e. The Hall–Kier alpha value is -2.68. The summed E-state index contributed by atoms with van der Waals surface area (Å²) in [5.41, 5.74) is 1.71. The van der Waals surface area contributed by atoms with E-state index in [9.17, 15) is 5.11 Å². The highest BCUT2D eigenvalue weighted by Gasteiger charge is 1.98. The molecule has 104 valence electrons. The van der Waals surface area contributed by atoms with Crippen molar-refractivity contribution in [3.05, 3.63) is 66.7 Å². The maximum absolute atomic E-state index is 9.17. The molecule has 0 saturated heterocycles. The normalized spacial score (nSPS) is 9.05. The average Bonchev–Trinajstić information content (AvgIpc) is 2.49. The molecule has 0 aliphatic rings. The summed E-state index contributed by atoms with van der Waals surface area (Å²) in [6, 6.07) is 12.2. The largest absolute Gasteiger partial charge is 0.507 e. The van der Waals surface area contributed by atoms with E-state index in [-0.39, 0.29) is 11.5 Å². The molecule has 3 nitrogen and oxygen atoms in total. The minimum absolute atomic E-state index is 0.151. The Labute approximate surface area is 119 Å². The number of hydrogen-bond donors (Lipinski definition) is 2. The molecule has 3 heteroatoms. The van der Waals surface area contributed by atoms with Gasteiger partial charge in [0.05, 0.1) is 7.11 Å². The number of phenols is 2. The van der Waals surface area contributed by atoms with Crippen molar-refractivity contribution in [2.45, 2.75) is 0 Å². The topological polar surface area (TPSA) is 49.7 Å². The van der Waals surface area contributed by atoms with Gasteiger partial charge in [-0.05, 0) is 23.8 Å². The van der Waals surface area contributed by atoms with Crippen LogP contribution in [0.15, 0.2) is 55.6 Å². The van der Waals surface area contributed by atoms with Gasteiger partial charge >= 0.3 is 0 Å². The number of benzene rings is 2. The smallest absolute Gasteiger partial charge is 0.161 e. The lowest BCUT2D eigenvalue weighted by Crippen LogP contribution is -1.83. The van der Waals surface area contributed by atoms with Crippen molar-refractivity contribution in [3.8, 4) is 17.2 Å². The van der Waals surface area contributed by atoms with Gasteiger partial charge in [-0.25, -0.2) is 0 Å². The lowest BCUT2D eigenvalue weighted by atomic mass is 10.2. The van der Waals surface area contributed by atoms with Crippen molar-refractivity contribution < 1.29 is 14.9 Å². The summed E-state index contributed by atoms with van der Waals surface area (Å²) in [4.78, 5) is 0. The van der Waals surface area contributed by atoms with E-state index >= 15 is 0 Å². The van der Waals surface area contributed by atoms with Gasteiger partial charge in [0.2, 0.25) is 0 Å². The Bertz CT molecular complexity index is 589. The van der Waals surface area contributed by atoms with Gasteiger partial charge in [-0.15, -0.1) is 0 Å². The van der Waals surface area contributed by atoms with E-state index in [4.69, 9.17) is 9.84 Å². The monoisotopic (exact) mass is 270 g/mol. The van der Waals surface area contributed by atoms with E-state index in [1.165, 1.54) is 7.11 Å². The summed E-state index contributed by atoms with van der Waals surface area (Å²) < 4.78 is 4.89. The summed E-state index contributed by atoms with van der Waals surface area (Å²) in [5, 5.41) is 18.2. The van der Waals surface area contributed by atoms with Gasteiger partial charge in [0.15, 0.2) is 11.5 Å². The van der Waals surface area contributed by atoms with Crippen LogP contribution in [0, 0.1) is 0 Å². The molecular weight excluding hydrogens is 252 g/mol. The van der Waals surface area contributed by atoms with Crippen LogP contribution in [-0.2, 0) is 0 Å². The van der Waals surface area contributed by atoms with E-state index in [0.29, 0.717) is 5.75 Å². The zero-order valence-corrected chi connectivity index (χ0v) is 11.4. The second-order valence-corrected chi connectivity index (χ2v) is 3.90. The Morgan fingerprint density at radius 2 is 1.65 bits per heavy atom. The molecule has 2 aromatic carbocycles. The maximum Gasteiger partial charge on any atom is 0.161 e. The van der Waals surface area contributed by atoms with E-state index in [1.54, 1.807) is 42.5 Å². The SMILES string of the molecule is C=Cc1ccc(O)c(OC)c1.C=Cc1ccccc1O. The Balaban J connectivity index is 0.000000204. The van der Waals surface area contributed by atoms with Crippen molar-refractivity contribution >= 4 is 12.2 Å². The first kappa shape index (κ1) is 15.4. The highest BCUT2D eigenvalue weighted by atomic mass is 16.5. The first-order valence-electron chi connectivity index (χ1n) is 6.02. The Morgan fingerprint density at radius 1 is 0.950 bits per heavy atom. The Kier molecular flexibility index (Phi) is 5.91. The molecule has 0 aromatic heterocycles. The standard InChI is InChI=1S/C9H10O2.C8H8O/c1-3-7-4-5-8(10)9(6-7)11-2;1-2-7-5-3-4-6-8(7)9/h3-6,10H,1H2,2H3;2-6,9H,1H2. The number of aromatic hydroxyl groups is 2. The van der Waals surface area contributed by atoms with Crippen LogP contribution in [0.4, 0.5) is 0 Å². The third-order valence-electron chi connectivity index (χ3n) is 2.60. The zero-order chi connectivity index (χ0) is 15.0. The average molecular weight is 270 g/mol. The van der Waals surface area contributed by atoms with E-state index < -0.39 is 0 Å². The van der Waals surface area contributed by atoms with Crippen molar-refractivity contribution in [3.63, 3.8) is 0 Å². The molecule has 2 aromatic rings. The summed E-state index contributed by atoms with van der Waals surface area (Å²) >= 11 is 0. The molecule has 0 saturated carbocycles. The number of ether oxygens (including phenoxy) is 1. The molecule has 2 rings (SSSR count). The second-order valence-electron chi connectivity index (χ2n) is 3.90. The predicted octanol–water partition coefficient (Wildman–Crippen LogP) is 4.08. The first-order chi connectivity index (χ1) is 9.62. The van der Waals surface area contributed by atoms with Crippen LogP contribution in [0.1, 0.15) is 11.1 Å². The number of phenolic OH excluding ortho intramolecular Hbond substituents is 2. The first-order valence-corrected chi connectivity index (χ1v) is 6.02. The summed E-state index contributed by atoms with van der Waals surface area (Å²) in [6.45, 7) is 7.13. The van der Waals surface area contributed by atoms with E-state index in [1.807, 2.05) is 12.1 Å². The third kappa shape index (κ3) is 4.21. The van der Waals surface area contributed by atoms with Gasteiger partial charge in [0, 0.05) is 5.56 Å². The fourth-order valence-electron chi connectivity index (χ4n) is 1.48. The van der Waals surface area contributed by atoms with E-state index in [0.717, 1.165) is 11.1 Å². The summed E-state index contributed by atoms with van der Waals surface area (Å²) in [5.74, 6) is 0.910. The highest BCUT2D eigenvalue weighted by molar-refractivity contribution is 5.54. The second kappa shape index (κ2) is 7.69. The molecule has 0 radical (unpaired) electrons. The van der Waals surface area contributed by atoms with Crippen LogP contribution >= 0.6 is 0 Å². The number of hydrogen-bond acceptors (Lipinski definition) is 3. The van der Waals surface area contributed by atoms with E-state index in [2.05, 4.69) is 13.2 Å². The number of methoxy groups -OCH3 is 1. The van der Waals surface area contributed by atoms with Crippen LogP contribution in [0.25, 0.3) is 12.2 Å². The van der Waals surface area contributed by atoms with Crippen LogP contribution in [0.3, 0.4) is 0 Å². The molecule has 0 amide bonds. The molecule has 0 aliphatic heterocycles. The highest BCUT2D eigenvalue weighted by Crippen LogP contribution is 2.26. The van der Waals surface area contributed by atoms with Gasteiger partial charge in [0.1, 0.15) is 5.75 Å². The van der Waals surface area contributed by atoms with Gasteiger partial charge < -0.3 is 14.9 Å². The van der Waals surface area contributed by atoms with Gasteiger partial charge in [-0.1, -0.05) is 49.6 Å². The quantitative estimate of drug-likeness (QED) is 0.883. The van der Waals surface area contributed by atoms with Crippen LogP contribution in [-0.4, -0.2) is 17.3 Å². The predicted molar refractivity (Wildman–Crippen MR) is 82.9 cm³/mol. The maximum atomic E-state index is 9.17. The molecule has 2 N–H and O–H groups in total. The lowest BCUT2D eigenvalue weighted by molar-refractivity contribution is 0.373. The van der Waals surface area contributed by atoms with Crippen molar-refractivity contribution in [1.29, 1.82) is 0 Å². The van der Waals surface area contributed by atoms with Gasteiger partial charge in [-0.2, -0.15) is 0 Å². The Morgan fingerprint density at radius 3 is 2.15 bits per heavy atom. The lowest BCUT2D eigenvalue weighted by Gasteiger charge is -2.02. The van der Waals surface area contributed by atoms with Crippen molar-refractivity contribution in [2.24, 2.45) is 0 Å². The zero-order valence-electron chi connectivity index (χ0n) is 11.4. The molecule has 0 heterocycles. The molecule has 0 fully saturated rings. The summed E-state index contributed by atoms with van der Waals surface area (Å²) in [7, 11) is 1.52.